The summed E-state index contributed by atoms with van der Waals surface area (Å²) in [6.45, 7) is 2.76. The second kappa shape index (κ2) is 8.94. The van der Waals surface area contributed by atoms with Gasteiger partial charge in [-0.25, -0.2) is 4.98 Å². The van der Waals surface area contributed by atoms with Gasteiger partial charge in [0.1, 0.15) is 11.4 Å². The van der Waals surface area contributed by atoms with Crippen molar-refractivity contribution in [2.24, 2.45) is 5.92 Å². The Morgan fingerprint density at radius 3 is 2.59 bits per heavy atom. The molecule has 2 fully saturated rings. The molecule has 1 saturated heterocycles. The number of rotatable bonds is 4. The van der Waals surface area contributed by atoms with E-state index in [2.05, 4.69) is 35.6 Å². The van der Waals surface area contributed by atoms with Crippen LogP contribution < -0.4 is 10.2 Å². The van der Waals surface area contributed by atoms with Crippen molar-refractivity contribution >= 4 is 30.8 Å². The second-order valence-corrected chi connectivity index (χ2v) is 7.21. The van der Waals surface area contributed by atoms with Gasteiger partial charge in [-0.05, 0) is 36.5 Å². The van der Waals surface area contributed by atoms with Gasteiger partial charge in [-0.3, -0.25) is 5.10 Å². The number of aromatic hydroxyl groups is 1. The van der Waals surface area contributed by atoms with Crippen molar-refractivity contribution in [3.05, 3.63) is 36.8 Å². The summed E-state index contributed by atoms with van der Waals surface area (Å²) >= 11 is 0. The Hall–Kier alpha value is -2.42. The molecule has 3 heterocycles. The quantitative estimate of drug-likeness (QED) is 0.578. The van der Waals surface area contributed by atoms with E-state index in [0.717, 1.165) is 36.7 Å². The number of hydrogen-bond acceptors (Lipinski definition) is 7. The van der Waals surface area contributed by atoms with E-state index in [0.29, 0.717) is 23.2 Å². The van der Waals surface area contributed by atoms with Crippen LogP contribution in [-0.2, 0) is 0 Å². The number of anilines is 1. The predicted octanol–water partition coefficient (Wildman–Crippen LogP) is 2.67. The Bertz CT molecular complexity index is 932. The minimum absolute atomic E-state index is 0. The van der Waals surface area contributed by atoms with E-state index in [1.807, 2.05) is 12.1 Å². The summed E-state index contributed by atoms with van der Waals surface area (Å²) < 4.78 is 0. The van der Waals surface area contributed by atoms with Crippen LogP contribution in [0, 0.1) is 5.92 Å². The zero-order valence-corrected chi connectivity index (χ0v) is 17.3. The Morgan fingerprint density at radius 2 is 1.93 bits per heavy atom. The minimum atomic E-state index is 0. The second-order valence-electron chi connectivity index (χ2n) is 7.21. The third-order valence-corrected chi connectivity index (χ3v) is 5.33. The molecule has 1 unspecified atom stereocenters. The number of hydrogen-bond donors (Lipinski definition) is 3. The molecule has 1 aliphatic carbocycles. The van der Waals surface area contributed by atoms with Gasteiger partial charge in [0.05, 0.1) is 12.4 Å². The smallest absolute Gasteiger partial charge is 0.245 e. The van der Waals surface area contributed by atoms with E-state index in [-0.39, 0.29) is 30.6 Å². The molecule has 8 nitrogen and oxygen atoms in total. The molecule has 1 aromatic carbocycles. The molecule has 2 aromatic heterocycles. The van der Waals surface area contributed by atoms with Crippen molar-refractivity contribution in [1.82, 2.24) is 30.7 Å². The number of nitrogens with zero attached hydrogens (tertiary/aromatic N) is 5. The van der Waals surface area contributed by atoms with Gasteiger partial charge in [0, 0.05) is 43.0 Å². The number of aromatic nitrogens is 5. The van der Waals surface area contributed by atoms with Gasteiger partial charge < -0.3 is 15.3 Å². The zero-order chi connectivity index (χ0) is 18.2. The molecule has 1 atom stereocenters. The topological polar surface area (TPSA) is 103 Å². The monoisotopic (exact) mass is 435 g/mol. The molecule has 10 heteroatoms. The summed E-state index contributed by atoms with van der Waals surface area (Å²) in [5.41, 5.74) is 2.98. The summed E-state index contributed by atoms with van der Waals surface area (Å²) in [5.74, 6) is 1.60. The first kappa shape index (κ1) is 21.3. The van der Waals surface area contributed by atoms with Gasteiger partial charge in [-0.2, -0.15) is 5.10 Å². The van der Waals surface area contributed by atoms with Gasteiger partial charge in [-0.15, -0.1) is 35.0 Å². The molecular weight excluding hydrogens is 413 g/mol. The van der Waals surface area contributed by atoms with Crippen molar-refractivity contribution in [1.29, 1.82) is 0 Å². The van der Waals surface area contributed by atoms with Crippen LogP contribution in [0.1, 0.15) is 12.8 Å². The number of H-pyrrole nitrogens is 1. The number of piperazine rings is 1. The molecule has 0 spiro atoms. The molecule has 0 bridgehead atoms. The highest BCUT2D eigenvalue weighted by atomic mass is 35.5. The molecule has 3 N–H and O–H groups in total. The van der Waals surface area contributed by atoms with E-state index < -0.39 is 0 Å². The van der Waals surface area contributed by atoms with Crippen molar-refractivity contribution in [3.8, 4) is 28.1 Å². The highest BCUT2D eigenvalue weighted by Crippen LogP contribution is 2.34. The lowest BCUT2D eigenvalue weighted by molar-refractivity contribution is 0.414. The maximum atomic E-state index is 10.4. The first-order valence-electron chi connectivity index (χ1n) is 9.28. The lowest BCUT2D eigenvalue weighted by Gasteiger charge is -2.33. The van der Waals surface area contributed by atoms with Crippen LogP contribution in [0.4, 0.5) is 5.95 Å². The number of aromatic amines is 1. The molecule has 5 rings (SSSR count). The fourth-order valence-corrected chi connectivity index (χ4v) is 3.65. The summed E-state index contributed by atoms with van der Waals surface area (Å²) in [7, 11) is 0. The number of benzene rings is 1. The van der Waals surface area contributed by atoms with Crippen LogP contribution in [0.2, 0.25) is 0 Å². The SMILES string of the molecule is Cl.Cl.Oc1cc(-c2cn[nH]c2)ccc1-c1cnc(N2CCNC(C3CC3)C2)nn1. The first-order chi connectivity index (χ1) is 13.3. The van der Waals surface area contributed by atoms with Gasteiger partial charge in [-0.1, -0.05) is 6.07 Å². The molecule has 0 amide bonds. The predicted molar refractivity (Wildman–Crippen MR) is 116 cm³/mol. The standard InChI is InChI=1S/C19H21N7O.2ClH/c27-18-7-13(14-8-22-23-9-14)3-4-15(18)16-10-21-19(25-24-16)26-6-5-20-17(11-26)12-1-2-12;;/h3-4,7-10,12,17,20,27H,1-2,5-6,11H2,(H,22,23);2*1H. The number of nitrogens with one attached hydrogen (secondary N) is 2. The summed E-state index contributed by atoms with van der Waals surface area (Å²) in [6.07, 6.45) is 7.82. The lowest BCUT2D eigenvalue weighted by Crippen LogP contribution is -2.52. The van der Waals surface area contributed by atoms with Crippen molar-refractivity contribution in [3.63, 3.8) is 0 Å². The van der Waals surface area contributed by atoms with Gasteiger partial charge in [0.2, 0.25) is 5.95 Å². The molecular formula is C19H23Cl2N7O. The zero-order valence-electron chi connectivity index (χ0n) is 15.7. The van der Waals surface area contributed by atoms with Crippen molar-refractivity contribution in [2.75, 3.05) is 24.5 Å². The molecule has 1 aliphatic heterocycles. The number of phenols is 1. The van der Waals surface area contributed by atoms with E-state index in [1.54, 1.807) is 24.7 Å². The molecule has 2 aliphatic rings. The minimum Gasteiger partial charge on any atom is -0.507 e. The van der Waals surface area contributed by atoms with Crippen LogP contribution in [0.15, 0.2) is 36.8 Å². The Morgan fingerprint density at radius 1 is 1.07 bits per heavy atom. The van der Waals surface area contributed by atoms with Gasteiger partial charge in [0.25, 0.3) is 0 Å². The van der Waals surface area contributed by atoms with Gasteiger partial charge in [0.15, 0.2) is 0 Å². The van der Waals surface area contributed by atoms with Crippen LogP contribution >= 0.6 is 24.8 Å². The largest absolute Gasteiger partial charge is 0.507 e. The maximum Gasteiger partial charge on any atom is 0.245 e. The fourth-order valence-electron chi connectivity index (χ4n) is 3.65. The Labute approximate surface area is 181 Å². The first-order valence-corrected chi connectivity index (χ1v) is 9.28. The van der Waals surface area contributed by atoms with Crippen molar-refractivity contribution in [2.45, 2.75) is 18.9 Å². The average Bonchev–Trinajstić information content (AvgIpc) is 3.42. The van der Waals surface area contributed by atoms with E-state index in [9.17, 15) is 5.11 Å². The van der Waals surface area contributed by atoms with Gasteiger partial charge >= 0.3 is 0 Å². The van der Waals surface area contributed by atoms with E-state index in [1.165, 1.54) is 12.8 Å². The number of halogens is 2. The Balaban J connectivity index is 0.00000120. The van der Waals surface area contributed by atoms with E-state index >= 15 is 0 Å². The average molecular weight is 436 g/mol. The van der Waals surface area contributed by atoms with Crippen LogP contribution in [0.25, 0.3) is 22.4 Å². The van der Waals surface area contributed by atoms with Crippen molar-refractivity contribution < 1.29 is 5.11 Å². The summed E-state index contributed by atoms with van der Waals surface area (Å²) in [5, 5.41) is 29.3. The normalized spacial score (nSPS) is 18.6. The molecule has 29 heavy (non-hydrogen) atoms. The van der Waals surface area contributed by atoms with Crippen LogP contribution in [-0.4, -0.2) is 56.2 Å². The molecule has 3 aromatic rings. The van der Waals surface area contributed by atoms with E-state index in [4.69, 9.17) is 0 Å². The van der Waals surface area contributed by atoms with Crippen LogP contribution in [0.5, 0.6) is 5.75 Å². The highest BCUT2D eigenvalue weighted by Gasteiger charge is 2.34. The highest BCUT2D eigenvalue weighted by molar-refractivity contribution is 5.85. The number of phenolic OH excluding ortho intramolecular Hbond substituents is 1. The third-order valence-electron chi connectivity index (χ3n) is 5.33. The molecule has 154 valence electrons. The summed E-state index contributed by atoms with van der Waals surface area (Å²) in [4.78, 5) is 6.70. The lowest BCUT2D eigenvalue weighted by atomic mass is 10.0. The fraction of sp³-hybridized carbons (Fsp3) is 0.368. The summed E-state index contributed by atoms with van der Waals surface area (Å²) in [6, 6.07) is 5.98. The molecule has 1 saturated carbocycles. The molecule has 0 radical (unpaired) electrons. The third kappa shape index (κ3) is 4.44. The van der Waals surface area contributed by atoms with Crippen LogP contribution in [0.3, 0.4) is 0 Å². The maximum absolute atomic E-state index is 10.4. The Kier molecular flexibility index (Phi) is 6.56.